The minimum absolute atomic E-state index is 0.102. The molecule has 0 spiro atoms. The van der Waals surface area contributed by atoms with E-state index in [2.05, 4.69) is 126 Å². The Morgan fingerprint density at radius 1 is 0.936 bits per heavy atom. The number of thioether (sulfide) groups is 1. The quantitative estimate of drug-likeness (QED) is 0.0545. The third kappa shape index (κ3) is 16.0. The van der Waals surface area contributed by atoms with Gasteiger partial charge >= 0.3 is 5.97 Å². The summed E-state index contributed by atoms with van der Waals surface area (Å²) in [6.07, 6.45) is 17.0. The van der Waals surface area contributed by atoms with E-state index in [-0.39, 0.29) is 39.6 Å². The van der Waals surface area contributed by atoms with Crippen LogP contribution in [0.25, 0.3) is 0 Å². The summed E-state index contributed by atoms with van der Waals surface area (Å²) in [5.74, 6) is 1.87. The highest BCUT2D eigenvalue weighted by Crippen LogP contribution is 2.48. The van der Waals surface area contributed by atoms with Crippen molar-refractivity contribution in [1.29, 1.82) is 0 Å². The fraction of sp³-hybridized carbons (Fsp3) is 0.875. The summed E-state index contributed by atoms with van der Waals surface area (Å²) in [5, 5.41) is 0.326. The van der Waals surface area contributed by atoms with Crippen LogP contribution in [0.3, 0.4) is 0 Å². The molecule has 0 N–H and O–H groups in total. The van der Waals surface area contributed by atoms with E-state index < -0.39 is 16.6 Å². The topological polar surface area (TPSA) is 44.8 Å². The minimum atomic E-state index is -1.99. The van der Waals surface area contributed by atoms with Crippen LogP contribution in [0.2, 0.25) is 36.3 Å². The largest absolute Gasteiger partial charge is 0.469 e. The van der Waals surface area contributed by atoms with Gasteiger partial charge in [0.05, 0.1) is 19.3 Å². The predicted molar refractivity (Wildman–Crippen MR) is 213 cm³/mol. The molecule has 1 aliphatic rings. The van der Waals surface area contributed by atoms with E-state index in [9.17, 15) is 4.79 Å². The molecule has 0 heterocycles. The van der Waals surface area contributed by atoms with Crippen LogP contribution in [0.5, 0.6) is 0 Å². The number of hydrogen-bond donors (Lipinski definition) is 0. The molecule has 0 fully saturated rings. The van der Waals surface area contributed by atoms with Gasteiger partial charge in [-0.05, 0) is 96.8 Å². The number of carbonyl (C=O) groups is 1. The van der Waals surface area contributed by atoms with Crippen molar-refractivity contribution in [2.45, 2.75) is 195 Å². The van der Waals surface area contributed by atoms with Gasteiger partial charge in [-0.3, -0.25) is 4.79 Å². The molecule has 0 saturated carbocycles. The SMILES string of the molecule is CCCC[C@@H](C)C[C@@H](C=C[C@@H]1C(SCCCCCC(=O)OC)=C(CCC(C)(C)C)C[C@H]1O[Si](C)(C)C(C)(C)C)O[Si](C)(C)C(C)(C)C. The molecular weight excluding hydrogens is 633 g/mol. The van der Waals surface area contributed by atoms with E-state index in [4.69, 9.17) is 13.6 Å². The fourth-order valence-corrected chi connectivity index (χ4v) is 9.58. The molecule has 0 bridgehead atoms. The van der Waals surface area contributed by atoms with Crippen molar-refractivity contribution in [2.24, 2.45) is 17.3 Å². The molecule has 0 aromatic heterocycles. The van der Waals surface area contributed by atoms with E-state index in [1.54, 1.807) is 10.5 Å². The maximum atomic E-state index is 11.6. The van der Waals surface area contributed by atoms with Gasteiger partial charge in [0.1, 0.15) is 0 Å². The summed E-state index contributed by atoms with van der Waals surface area (Å²) in [5.41, 5.74) is 1.90. The summed E-state index contributed by atoms with van der Waals surface area (Å²) in [6.45, 7) is 35.5. The van der Waals surface area contributed by atoms with E-state index in [0.29, 0.717) is 12.3 Å². The van der Waals surface area contributed by atoms with Crippen LogP contribution in [0.1, 0.15) is 147 Å². The number of hydrogen-bond acceptors (Lipinski definition) is 5. The first-order chi connectivity index (χ1) is 21.4. The average molecular weight is 711 g/mol. The summed E-state index contributed by atoms with van der Waals surface area (Å²) in [7, 11) is -2.47. The molecule has 0 radical (unpaired) electrons. The molecule has 7 heteroatoms. The zero-order chi connectivity index (χ0) is 36.3. The predicted octanol–water partition coefficient (Wildman–Crippen LogP) is 13.1. The lowest BCUT2D eigenvalue weighted by molar-refractivity contribution is -0.140. The van der Waals surface area contributed by atoms with Crippen LogP contribution < -0.4 is 0 Å². The van der Waals surface area contributed by atoms with Gasteiger partial charge in [-0.15, -0.1) is 11.8 Å². The van der Waals surface area contributed by atoms with Crippen LogP contribution in [0.15, 0.2) is 22.6 Å². The number of unbranched alkanes of at least 4 members (excludes halogenated alkanes) is 3. The normalized spacial score (nSPS) is 19.9. The summed E-state index contributed by atoms with van der Waals surface area (Å²) in [6, 6.07) is 0. The number of carbonyl (C=O) groups excluding carboxylic acids is 1. The lowest BCUT2D eigenvalue weighted by Gasteiger charge is -2.40. The molecule has 47 heavy (non-hydrogen) atoms. The second kappa shape index (κ2) is 19.3. The molecule has 0 saturated heterocycles. The van der Waals surface area contributed by atoms with Gasteiger partial charge in [-0.2, -0.15) is 0 Å². The summed E-state index contributed by atoms with van der Waals surface area (Å²) < 4.78 is 19.3. The molecule has 0 aromatic carbocycles. The highest BCUT2D eigenvalue weighted by molar-refractivity contribution is 8.03. The van der Waals surface area contributed by atoms with Crippen LogP contribution in [-0.2, 0) is 18.4 Å². The summed E-state index contributed by atoms with van der Waals surface area (Å²) >= 11 is 2.06. The maximum Gasteiger partial charge on any atom is 0.305 e. The minimum Gasteiger partial charge on any atom is -0.469 e. The maximum absolute atomic E-state index is 11.6. The van der Waals surface area contributed by atoms with Crippen molar-refractivity contribution in [1.82, 2.24) is 0 Å². The molecule has 4 atom stereocenters. The second-order valence-electron chi connectivity index (χ2n) is 18.7. The molecule has 276 valence electrons. The van der Waals surface area contributed by atoms with E-state index >= 15 is 0 Å². The average Bonchev–Trinajstić information content (AvgIpc) is 3.24. The van der Waals surface area contributed by atoms with Crippen molar-refractivity contribution in [3.05, 3.63) is 22.6 Å². The Morgan fingerprint density at radius 3 is 2.09 bits per heavy atom. The summed E-state index contributed by atoms with van der Waals surface area (Å²) in [4.78, 5) is 13.2. The number of esters is 1. The van der Waals surface area contributed by atoms with Gasteiger partial charge in [0.25, 0.3) is 0 Å². The Balaban J connectivity index is 3.52. The molecular formula is C40H78O4SSi2. The van der Waals surface area contributed by atoms with Gasteiger partial charge in [0, 0.05) is 12.3 Å². The van der Waals surface area contributed by atoms with Gasteiger partial charge in [0.15, 0.2) is 16.6 Å². The first-order valence-corrected chi connectivity index (χ1v) is 25.7. The van der Waals surface area contributed by atoms with Crippen LogP contribution in [-0.4, -0.2) is 47.7 Å². The van der Waals surface area contributed by atoms with Crippen molar-refractivity contribution in [3.8, 4) is 0 Å². The lowest BCUT2D eigenvalue weighted by atomic mass is 9.88. The Hall–Kier alpha value is -0.346. The first-order valence-electron chi connectivity index (χ1n) is 18.9. The van der Waals surface area contributed by atoms with Gasteiger partial charge in [0.2, 0.25) is 0 Å². The van der Waals surface area contributed by atoms with Gasteiger partial charge < -0.3 is 13.6 Å². The molecule has 0 aliphatic heterocycles. The van der Waals surface area contributed by atoms with Crippen LogP contribution >= 0.6 is 11.8 Å². The molecule has 1 aliphatic carbocycles. The third-order valence-corrected chi connectivity index (χ3v) is 21.3. The molecule has 0 aromatic rings. The number of rotatable bonds is 20. The fourth-order valence-electron chi connectivity index (χ4n) is 5.57. The van der Waals surface area contributed by atoms with E-state index in [1.165, 1.54) is 32.8 Å². The van der Waals surface area contributed by atoms with Crippen LogP contribution in [0.4, 0.5) is 0 Å². The molecule has 0 amide bonds. The highest BCUT2D eigenvalue weighted by Gasteiger charge is 2.44. The second-order valence-corrected chi connectivity index (χ2v) is 29.3. The Kier molecular flexibility index (Phi) is 18.4. The smallest absolute Gasteiger partial charge is 0.305 e. The van der Waals surface area contributed by atoms with Gasteiger partial charge in [-0.25, -0.2) is 0 Å². The molecule has 4 nitrogen and oxygen atoms in total. The van der Waals surface area contributed by atoms with Gasteiger partial charge in [-0.1, -0.05) is 120 Å². The van der Waals surface area contributed by atoms with E-state index in [1.807, 2.05) is 0 Å². The first kappa shape index (κ1) is 44.7. The highest BCUT2D eigenvalue weighted by atomic mass is 32.2. The standard InChI is InChI=1S/C40H78O4SSi2/c1-17-18-22-31(2)29-33(43-46(13,14)39(6,7)8)24-25-34-35(44-47(15,16)40(9,10)11)30-32(26-27-38(3,4)5)37(34)45-28-21-19-20-23-36(41)42-12/h24-25,31,33-35H,17-23,26-30H2,1-16H3/t31-,33-,34+,35-/m1/s1. The Bertz CT molecular complexity index is 997. The molecule has 0 unspecified atom stereocenters. The van der Waals surface area contributed by atoms with Crippen molar-refractivity contribution < 1.29 is 18.4 Å². The monoisotopic (exact) mass is 711 g/mol. The Morgan fingerprint density at radius 2 is 1.55 bits per heavy atom. The van der Waals surface area contributed by atoms with Crippen LogP contribution in [0, 0.1) is 17.3 Å². The third-order valence-electron chi connectivity index (χ3n) is 10.9. The molecule has 1 rings (SSSR count). The lowest BCUT2D eigenvalue weighted by Crippen LogP contribution is -2.45. The van der Waals surface area contributed by atoms with Crippen molar-refractivity contribution >= 4 is 34.4 Å². The zero-order valence-corrected chi connectivity index (χ0v) is 36.8. The Labute approximate surface area is 299 Å². The number of ether oxygens (including phenoxy) is 1. The number of methoxy groups -OCH3 is 1. The van der Waals surface area contributed by atoms with Crippen molar-refractivity contribution in [2.75, 3.05) is 12.9 Å². The van der Waals surface area contributed by atoms with E-state index in [0.717, 1.165) is 44.3 Å². The zero-order valence-electron chi connectivity index (χ0n) is 34.0. The van der Waals surface area contributed by atoms with Crippen molar-refractivity contribution in [3.63, 3.8) is 0 Å².